The van der Waals surface area contributed by atoms with Gasteiger partial charge in [-0.2, -0.15) is 0 Å². The van der Waals surface area contributed by atoms with E-state index < -0.39 is 17.1 Å². The van der Waals surface area contributed by atoms with Gasteiger partial charge in [0.05, 0.1) is 5.69 Å². The molecule has 10 nitrogen and oxygen atoms in total. The molecule has 40 heavy (non-hydrogen) atoms. The molecule has 3 aliphatic rings. The number of nitrogens with one attached hydrogen (secondary N) is 3. The number of hydrogen-bond donors (Lipinski definition) is 3. The summed E-state index contributed by atoms with van der Waals surface area (Å²) in [7, 11) is 3.85. The van der Waals surface area contributed by atoms with Crippen molar-refractivity contribution in [3.05, 3.63) is 42.3 Å². The fourth-order valence-electron chi connectivity index (χ4n) is 5.40. The molecule has 214 valence electrons. The largest absolute Gasteiger partial charge is 0.457 e. The van der Waals surface area contributed by atoms with E-state index in [0.29, 0.717) is 24.4 Å². The van der Waals surface area contributed by atoms with E-state index in [0.717, 1.165) is 51.6 Å². The molecule has 2 saturated carbocycles. The number of benzene rings is 1. The van der Waals surface area contributed by atoms with Crippen LogP contribution in [0.2, 0.25) is 0 Å². The van der Waals surface area contributed by atoms with Crippen molar-refractivity contribution in [2.75, 3.05) is 37.8 Å². The number of ether oxygens (including phenoxy) is 1. The molecule has 2 aliphatic carbocycles. The number of nitrogens with zero attached hydrogens (tertiary/aromatic N) is 3. The van der Waals surface area contributed by atoms with E-state index >= 15 is 0 Å². The van der Waals surface area contributed by atoms with Crippen LogP contribution in [-0.4, -0.2) is 71.9 Å². The monoisotopic (exact) mass is 552 g/mol. The van der Waals surface area contributed by atoms with E-state index in [1.807, 2.05) is 0 Å². The van der Waals surface area contributed by atoms with Gasteiger partial charge in [-0.3, -0.25) is 14.9 Å². The van der Waals surface area contributed by atoms with Gasteiger partial charge in [0, 0.05) is 37.5 Å². The van der Waals surface area contributed by atoms with Crippen molar-refractivity contribution in [2.45, 2.75) is 63.5 Å². The minimum atomic E-state index is -1.12. The minimum absolute atomic E-state index is 0.0167. The molecule has 1 saturated heterocycles. The van der Waals surface area contributed by atoms with Crippen LogP contribution >= 0.6 is 0 Å². The Labute approximate surface area is 233 Å². The highest BCUT2D eigenvalue weighted by Gasteiger charge is 2.57. The summed E-state index contributed by atoms with van der Waals surface area (Å²) >= 11 is 0. The molecule has 0 radical (unpaired) electrons. The smallest absolute Gasteiger partial charge is 0.323 e. The van der Waals surface area contributed by atoms with Crippen LogP contribution in [0.15, 0.2) is 36.5 Å². The number of urea groups is 1. The highest BCUT2D eigenvalue weighted by molar-refractivity contribution is 6.13. The molecule has 1 aliphatic heterocycles. The zero-order valence-corrected chi connectivity index (χ0v) is 23.0. The number of pyridine rings is 1. The summed E-state index contributed by atoms with van der Waals surface area (Å²) in [6.45, 7) is 1.89. The molecule has 0 unspecified atom stereocenters. The third-order valence-electron chi connectivity index (χ3n) is 8.26. The standard InChI is InChI=1S/C29H37FN6O4/c1-35-15-10-20(11-16-35)36(2)28(39)34-25-18-22(9-14-31-25)40-21-7-8-24(23(30)17-21)33-27(38)29(12-13-29)26(37)32-19-5-3-4-6-19/h7-9,14,17-20H,3-6,10-13,15-16H2,1-2H3,(H,32,37)(H,33,38)(H,31,34,39). The quantitative estimate of drug-likeness (QED) is 0.420. The fraction of sp³-hybridized carbons (Fsp3) is 0.517. The van der Waals surface area contributed by atoms with Crippen LogP contribution in [0.3, 0.4) is 0 Å². The van der Waals surface area contributed by atoms with Gasteiger partial charge in [0.2, 0.25) is 11.8 Å². The Morgan fingerprint density at radius 1 is 1.00 bits per heavy atom. The lowest BCUT2D eigenvalue weighted by Crippen LogP contribution is -2.46. The van der Waals surface area contributed by atoms with E-state index in [-0.39, 0.29) is 35.5 Å². The van der Waals surface area contributed by atoms with Crippen LogP contribution in [0.4, 0.5) is 20.7 Å². The van der Waals surface area contributed by atoms with Crippen LogP contribution in [0, 0.1) is 11.2 Å². The van der Waals surface area contributed by atoms with Gasteiger partial charge in [-0.25, -0.2) is 14.2 Å². The van der Waals surface area contributed by atoms with Crippen molar-refractivity contribution in [3.8, 4) is 11.5 Å². The maximum atomic E-state index is 14.9. The van der Waals surface area contributed by atoms with Gasteiger partial charge >= 0.3 is 6.03 Å². The van der Waals surface area contributed by atoms with E-state index in [2.05, 4.69) is 32.9 Å². The maximum Gasteiger partial charge on any atom is 0.323 e. The number of anilines is 2. The predicted octanol–water partition coefficient (Wildman–Crippen LogP) is 4.35. The molecule has 2 aromatic rings. The Bertz CT molecular complexity index is 1250. The summed E-state index contributed by atoms with van der Waals surface area (Å²) in [6, 6.07) is 7.30. The molecule has 4 amide bonds. The molecular weight excluding hydrogens is 515 g/mol. The number of rotatable bonds is 8. The lowest BCUT2D eigenvalue weighted by molar-refractivity contribution is -0.134. The van der Waals surface area contributed by atoms with Gasteiger partial charge < -0.3 is 25.2 Å². The van der Waals surface area contributed by atoms with Crippen molar-refractivity contribution in [2.24, 2.45) is 5.41 Å². The summed E-state index contributed by atoms with van der Waals surface area (Å²) in [5, 5.41) is 8.37. The number of aromatic nitrogens is 1. The van der Waals surface area contributed by atoms with Crippen molar-refractivity contribution in [1.29, 1.82) is 0 Å². The molecule has 11 heteroatoms. The molecule has 0 spiro atoms. The van der Waals surface area contributed by atoms with Gasteiger partial charge in [-0.1, -0.05) is 12.8 Å². The Morgan fingerprint density at radius 3 is 2.38 bits per heavy atom. The first-order valence-corrected chi connectivity index (χ1v) is 14.0. The lowest BCUT2D eigenvalue weighted by atomic mass is 10.0. The van der Waals surface area contributed by atoms with Gasteiger partial charge in [0.15, 0.2) is 0 Å². The summed E-state index contributed by atoms with van der Waals surface area (Å²) in [5.74, 6) is -0.547. The van der Waals surface area contributed by atoms with Gasteiger partial charge in [0.1, 0.15) is 28.5 Å². The Hall–Kier alpha value is -3.73. The van der Waals surface area contributed by atoms with E-state index in [1.54, 1.807) is 24.1 Å². The minimum Gasteiger partial charge on any atom is -0.457 e. The van der Waals surface area contributed by atoms with Crippen LogP contribution in [0.5, 0.6) is 11.5 Å². The van der Waals surface area contributed by atoms with Gasteiger partial charge in [0.25, 0.3) is 0 Å². The summed E-state index contributed by atoms with van der Waals surface area (Å²) in [4.78, 5) is 46.6. The third-order valence-corrected chi connectivity index (χ3v) is 8.26. The summed E-state index contributed by atoms with van der Waals surface area (Å²) < 4.78 is 20.7. The van der Waals surface area contributed by atoms with Crippen LogP contribution in [0.25, 0.3) is 0 Å². The molecule has 1 aromatic heterocycles. The van der Waals surface area contributed by atoms with E-state index in [9.17, 15) is 18.8 Å². The first kappa shape index (κ1) is 27.8. The number of likely N-dealkylation sites (tertiary alicyclic amines) is 1. The second kappa shape index (κ2) is 11.8. The number of hydrogen-bond acceptors (Lipinski definition) is 6. The average Bonchev–Trinajstić information content (AvgIpc) is 3.60. The van der Waals surface area contributed by atoms with E-state index in [1.165, 1.54) is 24.4 Å². The van der Waals surface area contributed by atoms with E-state index in [4.69, 9.17) is 4.74 Å². The first-order chi connectivity index (χ1) is 19.2. The first-order valence-electron chi connectivity index (χ1n) is 14.0. The Morgan fingerprint density at radius 2 is 1.70 bits per heavy atom. The number of carbonyl (C=O) groups excluding carboxylic acids is 3. The predicted molar refractivity (Wildman–Crippen MR) is 149 cm³/mol. The number of carbonyl (C=O) groups is 3. The average molecular weight is 553 g/mol. The number of halogens is 1. The highest BCUT2D eigenvalue weighted by atomic mass is 19.1. The Balaban J connectivity index is 1.17. The van der Waals surface area contributed by atoms with Gasteiger partial charge in [-0.05, 0) is 76.9 Å². The van der Waals surface area contributed by atoms with Gasteiger partial charge in [-0.15, -0.1) is 0 Å². The molecular formula is C29H37FN6O4. The topological polar surface area (TPSA) is 116 Å². The Kier molecular flexibility index (Phi) is 8.20. The zero-order chi connectivity index (χ0) is 28.3. The lowest BCUT2D eigenvalue weighted by Gasteiger charge is -2.34. The second-order valence-electron chi connectivity index (χ2n) is 11.2. The summed E-state index contributed by atoms with van der Waals surface area (Å²) in [6.07, 6.45) is 8.24. The van der Waals surface area contributed by atoms with Crippen molar-refractivity contribution >= 4 is 29.4 Å². The fourth-order valence-corrected chi connectivity index (χ4v) is 5.40. The molecule has 3 fully saturated rings. The van der Waals surface area contributed by atoms with Crippen LogP contribution in [-0.2, 0) is 9.59 Å². The number of piperidine rings is 1. The third kappa shape index (κ3) is 6.35. The molecule has 2 heterocycles. The molecule has 0 atom stereocenters. The van der Waals surface area contributed by atoms with Crippen molar-refractivity contribution in [1.82, 2.24) is 20.1 Å². The molecule has 5 rings (SSSR count). The zero-order valence-electron chi connectivity index (χ0n) is 23.0. The molecule has 1 aromatic carbocycles. The molecule has 0 bridgehead atoms. The maximum absolute atomic E-state index is 14.9. The SMILES string of the molecule is CN1CCC(N(C)C(=O)Nc2cc(Oc3ccc(NC(=O)C4(C(=O)NC5CCCC5)CC4)c(F)c3)ccn2)CC1. The van der Waals surface area contributed by atoms with Crippen molar-refractivity contribution < 1.29 is 23.5 Å². The summed E-state index contributed by atoms with van der Waals surface area (Å²) in [5.41, 5.74) is -1.14. The molecule has 3 N–H and O–H groups in total. The number of amides is 4. The second-order valence-corrected chi connectivity index (χ2v) is 11.2. The van der Waals surface area contributed by atoms with Crippen LogP contribution in [0.1, 0.15) is 51.4 Å². The van der Waals surface area contributed by atoms with Crippen molar-refractivity contribution in [3.63, 3.8) is 0 Å². The highest BCUT2D eigenvalue weighted by Crippen LogP contribution is 2.47. The van der Waals surface area contributed by atoms with Crippen LogP contribution < -0.4 is 20.7 Å². The normalized spacial score (nSPS) is 19.1.